The number of hydrogen-bond donors (Lipinski definition) is 0. The van der Waals surface area contributed by atoms with Crippen LogP contribution >= 0.6 is 15.9 Å². The van der Waals surface area contributed by atoms with Gasteiger partial charge in [-0.25, -0.2) is 0 Å². The van der Waals surface area contributed by atoms with Gasteiger partial charge in [-0.05, 0) is 31.0 Å². The highest BCUT2D eigenvalue weighted by molar-refractivity contribution is 9.09. The Bertz CT molecular complexity index is 276. The first-order valence-corrected chi connectivity index (χ1v) is 6.01. The highest BCUT2D eigenvalue weighted by Crippen LogP contribution is 2.18. The van der Waals surface area contributed by atoms with E-state index in [9.17, 15) is 0 Å². The van der Waals surface area contributed by atoms with Crippen LogP contribution in [0.15, 0.2) is 24.5 Å². The summed E-state index contributed by atoms with van der Waals surface area (Å²) in [6.45, 7) is 3.42. The molecule has 76 valence electrons. The molecule has 1 aliphatic rings. The summed E-state index contributed by atoms with van der Waals surface area (Å²) in [5.41, 5.74) is 1.31. The van der Waals surface area contributed by atoms with Gasteiger partial charge in [0, 0.05) is 30.3 Å². The van der Waals surface area contributed by atoms with Crippen LogP contribution in [0, 0.1) is 0 Å². The average molecular weight is 255 g/mol. The van der Waals surface area contributed by atoms with Crippen molar-refractivity contribution in [2.45, 2.75) is 24.2 Å². The zero-order valence-corrected chi connectivity index (χ0v) is 9.78. The first-order valence-electron chi connectivity index (χ1n) is 5.10. The van der Waals surface area contributed by atoms with Crippen LogP contribution in [0.1, 0.15) is 18.4 Å². The maximum Gasteiger partial charge on any atom is 0.0312 e. The number of piperidine rings is 1. The van der Waals surface area contributed by atoms with Crippen molar-refractivity contribution >= 4 is 15.9 Å². The fourth-order valence-electron chi connectivity index (χ4n) is 1.89. The minimum atomic E-state index is 0.674. The normalized spacial score (nSPS) is 23.6. The predicted molar refractivity (Wildman–Crippen MR) is 61.5 cm³/mol. The number of nitrogens with zero attached hydrogens (tertiary/aromatic N) is 2. The van der Waals surface area contributed by atoms with Crippen LogP contribution in [0.2, 0.25) is 0 Å². The van der Waals surface area contributed by atoms with Crippen molar-refractivity contribution in [3.05, 3.63) is 30.1 Å². The molecule has 2 nitrogen and oxygen atoms in total. The molecule has 2 rings (SSSR count). The van der Waals surface area contributed by atoms with Crippen molar-refractivity contribution in [1.29, 1.82) is 0 Å². The van der Waals surface area contributed by atoms with E-state index in [0.717, 1.165) is 13.1 Å². The third kappa shape index (κ3) is 2.79. The van der Waals surface area contributed by atoms with Crippen LogP contribution in [0.5, 0.6) is 0 Å². The molecule has 0 radical (unpaired) electrons. The zero-order valence-electron chi connectivity index (χ0n) is 8.19. The number of rotatable bonds is 2. The van der Waals surface area contributed by atoms with Gasteiger partial charge in [0.15, 0.2) is 0 Å². The Morgan fingerprint density at radius 1 is 1.57 bits per heavy atom. The van der Waals surface area contributed by atoms with Crippen LogP contribution < -0.4 is 0 Å². The number of pyridine rings is 1. The second-order valence-electron chi connectivity index (χ2n) is 3.84. The van der Waals surface area contributed by atoms with E-state index in [1.54, 1.807) is 0 Å². The second-order valence-corrected chi connectivity index (χ2v) is 5.13. The van der Waals surface area contributed by atoms with Gasteiger partial charge in [0.2, 0.25) is 0 Å². The standard InChI is InChI=1S/C11H15BrN2/c12-11-4-2-6-14(9-11)8-10-3-1-5-13-7-10/h1,3,5,7,11H,2,4,6,8-9H2. The number of aromatic nitrogens is 1. The smallest absolute Gasteiger partial charge is 0.0312 e. The Morgan fingerprint density at radius 2 is 2.50 bits per heavy atom. The van der Waals surface area contributed by atoms with Crippen molar-refractivity contribution in [3.8, 4) is 0 Å². The summed E-state index contributed by atoms with van der Waals surface area (Å²) in [5.74, 6) is 0. The molecule has 1 aromatic heterocycles. The lowest BCUT2D eigenvalue weighted by Crippen LogP contribution is -2.35. The molecule has 0 aromatic carbocycles. The second kappa shape index (κ2) is 4.89. The molecule has 0 amide bonds. The molecular weight excluding hydrogens is 240 g/mol. The highest BCUT2D eigenvalue weighted by Gasteiger charge is 2.17. The molecule has 1 atom stereocenters. The fourth-order valence-corrected chi connectivity index (χ4v) is 2.63. The van der Waals surface area contributed by atoms with Gasteiger partial charge in [-0.1, -0.05) is 22.0 Å². The molecule has 1 aromatic rings. The van der Waals surface area contributed by atoms with E-state index in [4.69, 9.17) is 0 Å². The fraction of sp³-hybridized carbons (Fsp3) is 0.545. The van der Waals surface area contributed by atoms with Gasteiger partial charge >= 0.3 is 0 Å². The van der Waals surface area contributed by atoms with E-state index >= 15 is 0 Å². The van der Waals surface area contributed by atoms with E-state index in [1.807, 2.05) is 18.5 Å². The van der Waals surface area contributed by atoms with E-state index in [0.29, 0.717) is 4.83 Å². The molecule has 0 N–H and O–H groups in total. The van der Waals surface area contributed by atoms with Gasteiger partial charge in [0.05, 0.1) is 0 Å². The lowest BCUT2D eigenvalue weighted by atomic mass is 10.1. The van der Waals surface area contributed by atoms with Crippen LogP contribution in [-0.4, -0.2) is 27.8 Å². The summed E-state index contributed by atoms with van der Waals surface area (Å²) >= 11 is 3.68. The van der Waals surface area contributed by atoms with Crippen molar-refractivity contribution in [2.24, 2.45) is 0 Å². The van der Waals surface area contributed by atoms with Gasteiger partial charge in [0.25, 0.3) is 0 Å². The number of halogens is 1. The Balaban J connectivity index is 1.91. The minimum absolute atomic E-state index is 0.674. The highest BCUT2D eigenvalue weighted by atomic mass is 79.9. The van der Waals surface area contributed by atoms with Crippen LogP contribution in [-0.2, 0) is 6.54 Å². The zero-order chi connectivity index (χ0) is 9.80. The molecular formula is C11H15BrN2. The number of alkyl halides is 1. The Labute approximate surface area is 93.5 Å². The number of hydrogen-bond acceptors (Lipinski definition) is 2. The maximum absolute atomic E-state index is 4.13. The van der Waals surface area contributed by atoms with Crippen molar-refractivity contribution in [2.75, 3.05) is 13.1 Å². The van der Waals surface area contributed by atoms with Gasteiger partial charge < -0.3 is 0 Å². The first kappa shape index (κ1) is 10.1. The Morgan fingerprint density at radius 3 is 3.21 bits per heavy atom. The third-order valence-corrected chi connectivity index (χ3v) is 3.32. The average Bonchev–Trinajstić information content (AvgIpc) is 2.19. The SMILES string of the molecule is BrC1CCCN(Cc2cccnc2)C1. The molecule has 0 saturated carbocycles. The van der Waals surface area contributed by atoms with Crippen LogP contribution in [0.3, 0.4) is 0 Å². The van der Waals surface area contributed by atoms with Crippen molar-refractivity contribution in [3.63, 3.8) is 0 Å². The van der Waals surface area contributed by atoms with Crippen molar-refractivity contribution in [1.82, 2.24) is 9.88 Å². The molecule has 0 bridgehead atoms. The summed E-state index contributed by atoms with van der Waals surface area (Å²) in [6.07, 6.45) is 6.39. The number of likely N-dealkylation sites (tertiary alicyclic amines) is 1. The molecule has 3 heteroatoms. The summed E-state index contributed by atoms with van der Waals surface area (Å²) in [4.78, 5) is 7.29. The molecule has 14 heavy (non-hydrogen) atoms. The maximum atomic E-state index is 4.13. The molecule has 2 heterocycles. The van der Waals surface area contributed by atoms with E-state index in [1.165, 1.54) is 24.9 Å². The van der Waals surface area contributed by atoms with E-state index < -0.39 is 0 Å². The van der Waals surface area contributed by atoms with Crippen LogP contribution in [0.25, 0.3) is 0 Å². The van der Waals surface area contributed by atoms with E-state index in [-0.39, 0.29) is 0 Å². The summed E-state index contributed by atoms with van der Waals surface area (Å²) in [6, 6.07) is 4.15. The molecule has 1 aliphatic heterocycles. The molecule has 1 unspecified atom stereocenters. The quantitative estimate of drug-likeness (QED) is 0.754. The first-order chi connectivity index (χ1) is 6.84. The lowest BCUT2D eigenvalue weighted by Gasteiger charge is -2.29. The lowest BCUT2D eigenvalue weighted by molar-refractivity contribution is 0.227. The van der Waals surface area contributed by atoms with Gasteiger partial charge in [-0.2, -0.15) is 0 Å². The Kier molecular flexibility index (Phi) is 3.54. The topological polar surface area (TPSA) is 16.1 Å². The monoisotopic (exact) mass is 254 g/mol. The summed E-state index contributed by atoms with van der Waals surface area (Å²) in [7, 11) is 0. The van der Waals surface area contributed by atoms with Crippen molar-refractivity contribution < 1.29 is 0 Å². The van der Waals surface area contributed by atoms with Crippen LogP contribution in [0.4, 0.5) is 0 Å². The molecule has 1 saturated heterocycles. The van der Waals surface area contributed by atoms with Gasteiger partial charge in [-0.3, -0.25) is 9.88 Å². The van der Waals surface area contributed by atoms with Gasteiger partial charge in [0.1, 0.15) is 0 Å². The predicted octanol–water partition coefficient (Wildman–Crippen LogP) is 2.44. The summed E-state index contributed by atoms with van der Waals surface area (Å²) < 4.78 is 0. The third-order valence-electron chi connectivity index (χ3n) is 2.58. The minimum Gasteiger partial charge on any atom is -0.298 e. The van der Waals surface area contributed by atoms with Gasteiger partial charge in [-0.15, -0.1) is 0 Å². The molecule has 0 aliphatic carbocycles. The largest absolute Gasteiger partial charge is 0.298 e. The van der Waals surface area contributed by atoms with E-state index in [2.05, 4.69) is 31.9 Å². The molecule has 1 fully saturated rings. The summed E-state index contributed by atoms with van der Waals surface area (Å²) in [5, 5.41) is 0. The Hall–Kier alpha value is -0.410. The molecule has 0 spiro atoms.